The van der Waals surface area contributed by atoms with Gasteiger partial charge in [0.2, 0.25) is 0 Å². The first-order chi connectivity index (χ1) is 9.69. The molecule has 21 heavy (non-hydrogen) atoms. The SMILES string of the molecule is CCN(CC(C)(CBr)OC1CCOC1)C(=O)OC(C)(C)C. The minimum atomic E-state index is -0.491. The summed E-state index contributed by atoms with van der Waals surface area (Å²) in [5.41, 5.74) is -0.944. The number of ether oxygens (including phenoxy) is 3. The maximum Gasteiger partial charge on any atom is 0.410 e. The molecule has 0 aliphatic carbocycles. The Morgan fingerprint density at radius 1 is 1.38 bits per heavy atom. The average Bonchev–Trinajstić information content (AvgIpc) is 2.86. The predicted octanol–water partition coefficient (Wildman–Crippen LogP) is 3.20. The number of carbonyl (C=O) groups is 1. The van der Waals surface area contributed by atoms with Gasteiger partial charge in [-0.05, 0) is 41.0 Å². The number of halogens is 1. The molecule has 1 amide bonds. The summed E-state index contributed by atoms with van der Waals surface area (Å²) in [6, 6.07) is 0. The molecule has 0 radical (unpaired) electrons. The summed E-state index contributed by atoms with van der Waals surface area (Å²) < 4.78 is 16.9. The lowest BCUT2D eigenvalue weighted by Crippen LogP contribution is -2.49. The summed E-state index contributed by atoms with van der Waals surface area (Å²) in [6.45, 7) is 12.0. The maximum absolute atomic E-state index is 12.2. The molecule has 0 saturated carbocycles. The molecule has 0 aromatic carbocycles. The summed E-state index contributed by atoms with van der Waals surface area (Å²) >= 11 is 3.50. The van der Waals surface area contributed by atoms with Crippen LogP contribution in [-0.4, -0.2) is 59.9 Å². The lowest BCUT2D eigenvalue weighted by atomic mass is 10.1. The lowest BCUT2D eigenvalue weighted by molar-refractivity contribution is -0.0838. The first kappa shape index (κ1) is 18.7. The minimum Gasteiger partial charge on any atom is -0.444 e. The molecule has 1 aliphatic rings. The number of alkyl halides is 1. The molecule has 1 fully saturated rings. The third-order valence-electron chi connectivity index (χ3n) is 3.18. The topological polar surface area (TPSA) is 48.0 Å². The van der Waals surface area contributed by atoms with E-state index in [-0.39, 0.29) is 12.2 Å². The quantitative estimate of drug-likeness (QED) is 0.678. The molecule has 124 valence electrons. The van der Waals surface area contributed by atoms with E-state index in [0.717, 1.165) is 13.0 Å². The van der Waals surface area contributed by atoms with Crippen LogP contribution in [0.15, 0.2) is 0 Å². The molecule has 0 aromatic rings. The van der Waals surface area contributed by atoms with Crippen LogP contribution >= 0.6 is 15.9 Å². The molecular formula is C15H28BrNO4. The van der Waals surface area contributed by atoms with Crippen LogP contribution in [0.5, 0.6) is 0 Å². The highest BCUT2D eigenvalue weighted by Gasteiger charge is 2.34. The molecule has 2 unspecified atom stereocenters. The summed E-state index contributed by atoms with van der Waals surface area (Å²) in [5, 5.41) is 0.649. The molecule has 0 N–H and O–H groups in total. The third kappa shape index (κ3) is 6.53. The molecule has 5 nitrogen and oxygen atoms in total. The molecule has 1 heterocycles. The van der Waals surface area contributed by atoms with Crippen LogP contribution in [0.3, 0.4) is 0 Å². The van der Waals surface area contributed by atoms with E-state index in [1.807, 2.05) is 34.6 Å². The Morgan fingerprint density at radius 3 is 2.48 bits per heavy atom. The fraction of sp³-hybridized carbons (Fsp3) is 0.933. The van der Waals surface area contributed by atoms with Gasteiger partial charge in [-0.2, -0.15) is 0 Å². The number of carbonyl (C=O) groups excluding carboxylic acids is 1. The van der Waals surface area contributed by atoms with Crippen molar-refractivity contribution >= 4 is 22.0 Å². The van der Waals surface area contributed by atoms with E-state index in [1.165, 1.54) is 0 Å². The molecule has 0 spiro atoms. The van der Waals surface area contributed by atoms with Crippen molar-refractivity contribution < 1.29 is 19.0 Å². The molecule has 0 aromatic heterocycles. The van der Waals surface area contributed by atoms with Gasteiger partial charge in [-0.3, -0.25) is 0 Å². The van der Waals surface area contributed by atoms with Crippen LogP contribution in [0.4, 0.5) is 4.79 Å². The fourth-order valence-corrected chi connectivity index (χ4v) is 2.46. The number of likely N-dealkylation sites (N-methyl/N-ethyl adjacent to an activating group) is 1. The maximum atomic E-state index is 12.2. The van der Waals surface area contributed by atoms with Crippen molar-refractivity contribution in [3.63, 3.8) is 0 Å². The van der Waals surface area contributed by atoms with E-state index in [0.29, 0.717) is 25.0 Å². The molecule has 1 aliphatic heterocycles. The van der Waals surface area contributed by atoms with Gasteiger partial charge in [0, 0.05) is 18.5 Å². The Hall–Kier alpha value is -0.330. The first-order valence-corrected chi connectivity index (χ1v) is 8.61. The molecule has 2 atom stereocenters. The minimum absolute atomic E-state index is 0.102. The van der Waals surface area contributed by atoms with Crippen molar-refractivity contribution in [1.29, 1.82) is 0 Å². The predicted molar refractivity (Wildman–Crippen MR) is 86.0 cm³/mol. The summed E-state index contributed by atoms with van der Waals surface area (Å²) in [5.74, 6) is 0. The van der Waals surface area contributed by atoms with E-state index in [4.69, 9.17) is 14.2 Å². The Morgan fingerprint density at radius 2 is 2.05 bits per heavy atom. The van der Waals surface area contributed by atoms with Crippen molar-refractivity contribution in [2.45, 2.75) is 58.3 Å². The van der Waals surface area contributed by atoms with E-state index >= 15 is 0 Å². The zero-order valence-electron chi connectivity index (χ0n) is 13.8. The van der Waals surface area contributed by atoms with Gasteiger partial charge >= 0.3 is 6.09 Å². The zero-order valence-corrected chi connectivity index (χ0v) is 15.4. The highest BCUT2D eigenvalue weighted by atomic mass is 79.9. The number of hydrogen-bond donors (Lipinski definition) is 0. The second-order valence-corrected chi connectivity index (χ2v) is 7.24. The Labute approximate surface area is 136 Å². The van der Waals surface area contributed by atoms with E-state index in [9.17, 15) is 4.79 Å². The Kier molecular flexibility index (Phi) is 6.94. The highest BCUT2D eigenvalue weighted by Crippen LogP contribution is 2.23. The highest BCUT2D eigenvalue weighted by molar-refractivity contribution is 9.09. The van der Waals surface area contributed by atoms with Crippen LogP contribution in [-0.2, 0) is 14.2 Å². The van der Waals surface area contributed by atoms with E-state index in [1.54, 1.807) is 4.90 Å². The second-order valence-electron chi connectivity index (χ2n) is 6.68. The molecule has 1 rings (SSSR count). The number of amides is 1. The van der Waals surface area contributed by atoms with Gasteiger partial charge in [-0.15, -0.1) is 0 Å². The first-order valence-electron chi connectivity index (χ1n) is 7.48. The summed E-state index contributed by atoms with van der Waals surface area (Å²) in [7, 11) is 0. The van der Waals surface area contributed by atoms with Crippen molar-refractivity contribution in [3.05, 3.63) is 0 Å². The van der Waals surface area contributed by atoms with Crippen LogP contribution in [0, 0.1) is 0 Å². The van der Waals surface area contributed by atoms with Crippen LogP contribution in [0.25, 0.3) is 0 Å². The molecule has 1 saturated heterocycles. The van der Waals surface area contributed by atoms with Crippen molar-refractivity contribution in [1.82, 2.24) is 4.90 Å². The largest absolute Gasteiger partial charge is 0.444 e. The standard InChI is InChI=1S/C15H28BrNO4/c1-6-17(13(18)21-14(2,3)4)11-15(5,10-16)20-12-7-8-19-9-12/h12H,6-11H2,1-5H3. The third-order valence-corrected chi connectivity index (χ3v) is 4.37. The smallest absolute Gasteiger partial charge is 0.410 e. The number of hydrogen-bond acceptors (Lipinski definition) is 4. The van der Waals surface area contributed by atoms with Gasteiger partial charge in [0.1, 0.15) is 5.60 Å². The number of nitrogens with zero attached hydrogens (tertiary/aromatic N) is 1. The summed E-state index contributed by atoms with van der Waals surface area (Å²) in [6.07, 6.45) is 0.703. The normalized spacial score (nSPS) is 21.9. The second kappa shape index (κ2) is 7.79. The molecular weight excluding hydrogens is 338 g/mol. The zero-order chi connectivity index (χ0) is 16.1. The van der Waals surface area contributed by atoms with Gasteiger partial charge in [-0.25, -0.2) is 4.79 Å². The Balaban J connectivity index is 2.64. The van der Waals surface area contributed by atoms with E-state index < -0.39 is 11.2 Å². The fourth-order valence-electron chi connectivity index (χ4n) is 2.15. The van der Waals surface area contributed by atoms with Crippen LogP contribution < -0.4 is 0 Å². The van der Waals surface area contributed by atoms with Gasteiger partial charge in [0.05, 0.1) is 24.9 Å². The van der Waals surface area contributed by atoms with Crippen molar-refractivity contribution in [3.8, 4) is 0 Å². The van der Waals surface area contributed by atoms with Gasteiger partial charge < -0.3 is 19.1 Å². The summed E-state index contributed by atoms with van der Waals surface area (Å²) in [4.78, 5) is 13.9. The average molecular weight is 366 g/mol. The van der Waals surface area contributed by atoms with E-state index in [2.05, 4.69) is 15.9 Å². The lowest BCUT2D eigenvalue weighted by Gasteiger charge is -2.36. The Bertz CT molecular complexity index is 339. The molecule has 0 bridgehead atoms. The number of rotatable bonds is 6. The molecule has 6 heteroatoms. The van der Waals surface area contributed by atoms with Crippen molar-refractivity contribution in [2.75, 3.05) is 31.6 Å². The van der Waals surface area contributed by atoms with Gasteiger partial charge in [0.25, 0.3) is 0 Å². The van der Waals surface area contributed by atoms with Gasteiger partial charge in [0.15, 0.2) is 0 Å². The van der Waals surface area contributed by atoms with Crippen molar-refractivity contribution in [2.24, 2.45) is 0 Å². The van der Waals surface area contributed by atoms with Crippen LogP contribution in [0.2, 0.25) is 0 Å². The van der Waals surface area contributed by atoms with Gasteiger partial charge in [-0.1, -0.05) is 15.9 Å². The monoisotopic (exact) mass is 365 g/mol. The van der Waals surface area contributed by atoms with Crippen LogP contribution in [0.1, 0.15) is 41.0 Å².